The molecule has 1 aliphatic rings. The second-order valence-electron chi connectivity index (χ2n) is 5.29. The Bertz CT molecular complexity index is 724. The van der Waals surface area contributed by atoms with Crippen LogP contribution in [0.5, 0.6) is 0 Å². The summed E-state index contributed by atoms with van der Waals surface area (Å²) >= 11 is 0. The van der Waals surface area contributed by atoms with Gasteiger partial charge in [0.1, 0.15) is 0 Å². The van der Waals surface area contributed by atoms with Gasteiger partial charge in [-0.15, -0.1) is 0 Å². The molecule has 7 nitrogen and oxygen atoms in total. The van der Waals surface area contributed by atoms with Crippen molar-refractivity contribution in [3.8, 4) is 0 Å². The van der Waals surface area contributed by atoms with Crippen LogP contribution in [0.15, 0.2) is 5.10 Å². The van der Waals surface area contributed by atoms with E-state index < -0.39 is 0 Å². The van der Waals surface area contributed by atoms with E-state index in [9.17, 15) is 4.79 Å². The lowest BCUT2D eigenvalue weighted by atomic mass is 10.2. The molecule has 3 rings (SSSR count). The van der Waals surface area contributed by atoms with Crippen molar-refractivity contribution in [1.82, 2.24) is 25.4 Å². The van der Waals surface area contributed by atoms with Crippen molar-refractivity contribution in [2.24, 2.45) is 12.1 Å². The van der Waals surface area contributed by atoms with Crippen LogP contribution in [-0.4, -0.2) is 32.1 Å². The molecule has 2 aromatic heterocycles. The number of carbonyl (C=O) groups excluding carboxylic acids is 1. The lowest BCUT2D eigenvalue weighted by molar-refractivity contribution is 0.0949. The highest BCUT2D eigenvalue weighted by atomic mass is 16.2. The van der Waals surface area contributed by atoms with Crippen LogP contribution in [0.3, 0.4) is 0 Å². The number of nitrogens with zero attached hydrogens (tertiary/aromatic N) is 4. The molecule has 21 heavy (non-hydrogen) atoms. The number of nitrogens with one attached hydrogen (secondary N) is 2. The average Bonchev–Trinajstić information content (AvgIpc) is 3.09. The Kier molecular flexibility index (Phi) is 3.32. The lowest BCUT2D eigenvalue weighted by Crippen LogP contribution is -2.19. The molecule has 0 spiro atoms. The van der Waals surface area contributed by atoms with E-state index in [1.165, 1.54) is 0 Å². The van der Waals surface area contributed by atoms with E-state index in [0.717, 1.165) is 47.5 Å². The number of carbonyl (C=O) groups is 1. The third kappa shape index (κ3) is 2.35. The third-order valence-corrected chi connectivity index (χ3v) is 3.95. The number of hydrogen-bond acceptors (Lipinski definition) is 4. The maximum Gasteiger partial charge on any atom is 0.292 e. The predicted molar refractivity (Wildman–Crippen MR) is 78.4 cm³/mol. The van der Waals surface area contributed by atoms with Crippen LogP contribution in [0.25, 0.3) is 0 Å². The third-order valence-electron chi connectivity index (χ3n) is 3.95. The van der Waals surface area contributed by atoms with Crippen LogP contribution in [0.1, 0.15) is 45.1 Å². The standard InChI is InChI=1S/C14H18N6O/c1-8-11(9(2)20(3)19-8)7-15-18-14(21)13-10-5-4-6-12(10)16-17-13/h7H,4-6H2,1-3H3,(H,16,17)(H,18,21)/b15-7+. The zero-order valence-electron chi connectivity index (χ0n) is 12.4. The van der Waals surface area contributed by atoms with Gasteiger partial charge in [-0.05, 0) is 33.1 Å². The minimum Gasteiger partial charge on any atom is -0.281 e. The van der Waals surface area contributed by atoms with Gasteiger partial charge in [-0.25, -0.2) is 5.43 Å². The smallest absolute Gasteiger partial charge is 0.281 e. The van der Waals surface area contributed by atoms with Crippen LogP contribution >= 0.6 is 0 Å². The highest BCUT2D eigenvalue weighted by Crippen LogP contribution is 2.22. The first kappa shape index (κ1) is 13.5. The zero-order valence-corrected chi connectivity index (χ0v) is 12.4. The fourth-order valence-electron chi connectivity index (χ4n) is 2.69. The number of hydrazone groups is 1. The molecule has 0 fully saturated rings. The van der Waals surface area contributed by atoms with Crippen LogP contribution in [0.4, 0.5) is 0 Å². The lowest BCUT2D eigenvalue weighted by Gasteiger charge is -1.98. The zero-order chi connectivity index (χ0) is 15.0. The van der Waals surface area contributed by atoms with Crippen LogP contribution in [-0.2, 0) is 19.9 Å². The molecular formula is C14H18N6O. The summed E-state index contributed by atoms with van der Waals surface area (Å²) in [6, 6.07) is 0. The molecule has 2 aromatic rings. The van der Waals surface area contributed by atoms with Gasteiger partial charge in [0.15, 0.2) is 5.69 Å². The number of aromatic amines is 1. The van der Waals surface area contributed by atoms with Gasteiger partial charge in [-0.2, -0.15) is 15.3 Å². The number of aromatic nitrogens is 4. The molecule has 1 amide bonds. The first-order chi connectivity index (χ1) is 10.1. The molecule has 0 aromatic carbocycles. The monoisotopic (exact) mass is 286 g/mol. The van der Waals surface area contributed by atoms with Crippen molar-refractivity contribution in [3.63, 3.8) is 0 Å². The fraction of sp³-hybridized carbons (Fsp3) is 0.429. The summed E-state index contributed by atoms with van der Waals surface area (Å²) in [5, 5.41) is 15.3. The summed E-state index contributed by atoms with van der Waals surface area (Å²) in [5.74, 6) is -0.273. The number of hydrogen-bond donors (Lipinski definition) is 2. The minimum absolute atomic E-state index is 0.273. The van der Waals surface area contributed by atoms with E-state index in [1.54, 1.807) is 10.9 Å². The highest BCUT2D eigenvalue weighted by Gasteiger charge is 2.22. The van der Waals surface area contributed by atoms with E-state index in [2.05, 4.69) is 25.8 Å². The predicted octanol–water partition coefficient (Wildman–Crippen LogP) is 1.01. The summed E-state index contributed by atoms with van der Waals surface area (Å²) in [4.78, 5) is 12.1. The number of H-pyrrole nitrogens is 1. The Hall–Kier alpha value is -2.44. The van der Waals surface area contributed by atoms with Gasteiger partial charge >= 0.3 is 0 Å². The second kappa shape index (κ2) is 5.16. The van der Waals surface area contributed by atoms with Crippen LogP contribution in [0.2, 0.25) is 0 Å². The Morgan fingerprint density at radius 1 is 1.43 bits per heavy atom. The minimum atomic E-state index is -0.273. The summed E-state index contributed by atoms with van der Waals surface area (Å²) in [7, 11) is 1.88. The maximum atomic E-state index is 12.1. The van der Waals surface area contributed by atoms with Gasteiger partial charge < -0.3 is 0 Å². The molecule has 2 N–H and O–H groups in total. The van der Waals surface area contributed by atoms with Gasteiger partial charge in [-0.1, -0.05) is 0 Å². The van der Waals surface area contributed by atoms with E-state index in [-0.39, 0.29) is 5.91 Å². The number of fused-ring (bicyclic) bond motifs is 1. The Labute approximate surface area is 122 Å². The van der Waals surface area contributed by atoms with Crippen molar-refractivity contribution >= 4 is 12.1 Å². The van der Waals surface area contributed by atoms with Crippen molar-refractivity contribution in [2.45, 2.75) is 33.1 Å². The van der Waals surface area contributed by atoms with Crippen molar-refractivity contribution < 1.29 is 4.79 Å². The molecule has 2 heterocycles. The molecule has 0 atom stereocenters. The largest absolute Gasteiger partial charge is 0.292 e. The first-order valence-corrected chi connectivity index (χ1v) is 6.97. The number of amides is 1. The van der Waals surface area contributed by atoms with Gasteiger partial charge in [0.2, 0.25) is 0 Å². The Balaban J connectivity index is 1.72. The van der Waals surface area contributed by atoms with Gasteiger partial charge in [0, 0.05) is 29.6 Å². The number of rotatable bonds is 3. The average molecular weight is 286 g/mol. The normalized spacial score (nSPS) is 13.9. The van der Waals surface area contributed by atoms with E-state index in [4.69, 9.17) is 0 Å². The van der Waals surface area contributed by atoms with Crippen molar-refractivity contribution in [3.05, 3.63) is 33.9 Å². The fourth-order valence-corrected chi connectivity index (χ4v) is 2.69. The summed E-state index contributed by atoms with van der Waals surface area (Å²) < 4.78 is 1.79. The van der Waals surface area contributed by atoms with E-state index in [0.29, 0.717) is 5.69 Å². The quantitative estimate of drug-likeness (QED) is 0.652. The van der Waals surface area contributed by atoms with Gasteiger partial charge in [0.05, 0.1) is 11.9 Å². The molecular weight excluding hydrogens is 268 g/mol. The topological polar surface area (TPSA) is 88.0 Å². The second-order valence-corrected chi connectivity index (χ2v) is 5.29. The molecule has 0 aliphatic heterocycles. The molecule has 0 radical (unpaired) electrons. The van der Waals surface area contributed by atoms with E-state index >= 15 is 0 Å². The van der Waals surface area contributed by atoms with Crippen LogP contribution in [0, 0.1) is 13.8 Å². The Morgan fingerprint density at radius 3 is 2.95 bits per heavy atom. The van der Waals surface area contributed by atoms with Crippen molar-refractivity contribution in [2.75, 3.05) is 0 Å². The summed E-state index contributed by atoms with van der Waals surface area (Å²) in [6.45, 7) is 3.88. The molecule has 0 saturated heterocycles. The van der Waals surface area contributed by atoms with E-state index in [1.807, 2.05) is 20.9 Å². The molecule has 7 heteroatoms. The number of aryl methyl sites for hydroxylation is 3. The first-order valence-electron chi connectivity index (χ1n) is 6.97. The maximum absolute atomic E-state index is 12.1. The molecule has 1 aliphatic carbocycles. The van der Waals surface area contributed by atoms with Gasteiger partial charge in [-0.3, -0.25) is 14.6 Å². The molecule has 0 bridgehead atoms. The summed E-state index contributed by atoms with van der Waals surface area (Å²) in [6.07, 6.45) is 4.57. The van der Waals surface area contributed by atoms with Crippen molar-refractivity contribution in [1.29, 1.82) is 0 Å². The molecule has 0 unspecified atom stereocenters. The molecule has 110 valence electrons. The highest BCUT2D eigenvalue weighted by molar-refractivity contribution is 5.95. The Morgan fingerprint density at radius 2 is 2.24 bits per heavy atom. The molecule has 0 saturated carbocycles. The SMILES string of the molecule is Cc1nn(C)c(C)c1/C=N/NC(=O)c1n[nH]c2c1CCC2. The van der Waals surface area contributed by atoms with Crippen LogP contribution < -0.4 is 5.43 Å². The van der Waals surface area contributed by atoms with Gasteiger partial charge in [0.25, 0.3) is 5.91 Å². The summed E-state index contributed by atoms with van der Waals surface area (Å²) in [5.41, 5.74) is 7.90.